The van der Waals surface area contributed by atoms with Crippen molar-refractivity contribution in [2.45, 2.75) is 25.9 Å². The van der Waals surface area contributed by atoms with Crippen LogP contribution in [0.1, 0.15) is 30.9 Å². The van der Waals surface area contributed by atoms with Gasteiger partial charge in [0.2, 0.25) is 0 Å². The molecular formula is C24H31N5O. The highest BCUT2D eigenvalue weighted by Gasteiger charge is 2.20. The molecule has 0 unspecified atom stereocenters. The summed E-state index contributed by atoms with van der Waals surface area (Å²) < 4.78 is 6.13. The summed E-state index contributed by atoms with van der Waals surface area (Å²) in [6.07, 6.45) is 6.27. The summed E-state index contributed by atoms with van der Waals surface area (Å²) in [5.41, 5.74) is 8.45. The number of likely N-dealkylation sites (N-methyl/N-ethyl adjacent to an activating group) is 1. The van der Waals surface area contributed by atoms with Crippen molar-refractivity contribution in [1.82, 2.24) is 4.90 Å². The smallest absolute Gasteiger partial charge is 0.122 e. The summed E-state index contributed by atoms with van der Waals surface area (Å²) in [5.74, 6) is 1.62. The van der Waals surface area contributed by atoms with Crippen LogP contribution in [-0.4, -0.2) is 49.4 Å². The third-order valence-electron chi connectivity index (χ3n) is 5.38. The molecule has 0 atom stereocenters. The zero-order valence-electron chi connectivity index (χ0n) is 17.8. The highest BCUT2D eigenvalue weighted by molar-refractivity contribution is 5.95. The highest BCUT2D eigenvalue weighted by atomic mass is 16.5. The molecule has 1 aliphatic rings. The fourth-order valence-corrected chi connectivity index (χ4v) is 3.54. The van der Waals surface area contributed by atoms with E-state index >= 15 is 0 Å². The topological polar surface area (TPSA) is 89.4 Å². The van der Waals surface area contributed by atoms with E-state index in [0.29, 0.717) is 5.84 Å². The van der Waals surface area contributed by atoms with Gasteiger partial charge in [0, 0.05) is 50.8 Å². The molecule has 0 aliphatic carbocycles. The Morgan fingerprint density at radius 1 is 1.17 bits per heavy atom. The third-order valence-corrected chi connectivity index (χ3v) is 5.38. The Morgan fingerprint density at radius 2 is 1.87 bits per heavy atom. The number of ether oxygens (including phenoxy) is 1. The molecule has 30 heavy (non-hydrogen) atoms. The molecule has 6 nitrogen and oxygen atoms in total. The van der Waals surface area contributed by atoms with Crippen LogP contribution in [0.5, 0.6) is 5.75 Å². The molecule has 0 saturated carbocycles. The molecule has 3 rings (SSSR count). The summed E-state index contributed by atoms with van der Waals surface area (Å²) in [6, 6.07) is 15.9. The second kappa shape index (κ2) is 9.96. The average Bonchev–Trinajstić information content (AvgIpc) is 2.75. The van der Waals surface area contributed by atoms with Crippen LogP contribution in [-0.2, 0) is 0 Å². The van der Waals surface area contributed by atoms with Gasteiger partial charge in [-0.3, -0.25) is 10.8 Å². The first-order chi connectivity index (χ1) is 14.4. The first-order valence-electron chi connectivity index (χ1n) is 10.3. The molecule has 1 saturated heterocycles. The number of likely N-dealkylation sites (tertiary alicyclic amines) is 1. The summed E-state index contributed by atoms with van der Waals surface area (Å²) in [7, 11) is 2.06. The number of nitrogens with zero attached hydrogens (tertiary/aromatic N) is 2. The van der Waals surface area contributed by atoms with Gasteiger partial charge in [-0.05, 0) is 42.8 Å². The third kappa shape index (κ3) is 5.86. The van der Waals surface area contributed by atoms with E-state index in [1.54, 1.807) is 0 Å². The molecule has 1 heterocycles. The minimum Gasteiger partial charge on any atom is -0.490 e. The van der Waals surface area contributed by atoms with Gasteiger partial charge in [0.1, 0.15) is 17.7 Å². The van der Waals surface area contributed by atoms with Crippen LogP contribution in [0, 0.1) is 10.8 Å². The normalized spacial score (nSPS) is 14.7. The minimum atomic E-state index is 0.0834. The molecule has 1 fully saturated rings. The van der Waals surface area contributed by atoms with Crippen molar-refractivity contribution >= 4 is 23.4 Å². The number of benzene rings is 2. The van der Waals surface area contributed by atoms with Gasteiger partial charge in [0.05, 0.1) is 5.84 Å². The maximum absolute atomic E-state index is 7.72. The number of hydrogen-bond acceptors (Lipinski definition) is 4. The lowest BCUT2D eigenvalue weighted by molar-refractivity contribution is 0.130. The van der Waals surface area contributed by atoms with E-state index in [4.69, 9.17) is 21.3 Å². The number of nitrogens with two attached hydrogens (primary N) is 1. The van der Waals surface area contributed by atoms with Crippen LogP contribution in [0.2, 0.25) is 0 Å². The molecule has 2 aromatic carbocycles. The monoisotopic (exact) mass is 405 g/mol. The Kier molecular flexibility index (Phi) is 7.12. The summed E-state index contributed by atoms with van der Waals surface area (Å²) in [6.45, 7) is 4.39. The fourth-order valence-electron chi connectivity index (χ4n) is 3.54. The zero-order chi connectivity index (χ0) is 21.5. The van der Waals surface area contributed by atoms with E-state index in [-0.39, 0.29) is 11.9 Å². The summed E-state index contributed by atoms with van der Waals surface area (Å²) >= 11 is 0. The lowest BCUT2D eigenvalue weighted by Gasteiger charge is -2.32. The van der Waals surface area contributed by atoms with Crippen molar-refractivity contribution in [3.05, 3.63) is 65.7 Å². The van der Waals surface area contributed by atoms with E-state index in [0.717, 1.165) is 55.0 Å². The van der Waals surface area contributed by atoms with Gasteiger partial charge in [-0.2, -0.15) is 0 Å². The molecule has 158 valence electrons. The molecule has 0 spiro atoms. The van der Waals surface area contributed by atoms with Gasteiger partial charge in [-0.1, -0.05) is 30.4 Å². The number of piperidine rings is 1. The Balaban J connectivity index is 1.50. The van der Waals surface area contributed by atoms with Crippen molar-refractivity contribution in [2.24, 2.45) is 5.73 Å². The molecule has 0 bridgehead atoms. The van der Waals surface area contributed by atoms with E-state index in [2.05, 4.69) is 35.1 Å². The number of nitrogen functional groups attached to an aromatic ring is 1. The van der Waals surface area contributed by atoms with Gasteiger partial charge in [0.15, 0.2) is 0 Å². The standard InChI is InChI=1S/C24H31N5O/c1-18(25)29-15-12-23(13-16-29)30-22-10-8-21(9-11-22)28(2)14-4-6-19-5-3-7-20(17-19)24(26)27/h3-11,17,23,25H,12-16H2,1-2H3,(H3,26,27)/b6-4+,25-18?. The van der Waals surface area contributed by atoms with Crippen molar-refractivity contribution in [1.29, 1.82) is 10.8 Å². The van der Waals surface area contributed by atoms with Crippen molar-refractivity contribution < 1.29 is 4.74 Å². The molecule has 6 heteroatoms. The fraction of sp³-hybridized carbons (Fsp3) is 0.333. The molecule has 1 aliphatic heterocycles. The van der Waals surface area contributed by atoms with Gasteiger partial charge >= 0.3 is 0 Å². The van der Waals surface area contributed by atoms with Crippen LogP contribution < -0.4 is 15.4 Å². The van der Waals surface area contributed by atoms with E-state index in [1.807, 2.05) is 49.4 Å². The first-order valence-corrected chi connectivity index (χ1v) is 10.3. The number of hydrogen-bond donors (Lipinski definition) is 3. The van der Waals surface area contributed by atoms with E-state index < -0.39 is 0 Å². The zero-order valence-corrected chi connectivity index (χ0v) is 17.8. The predicted octanol–water partition coefficient (Wildman–Crippen LogP) is 3.96. The quantitative estimate of drug-likeness (QED) is 0.480. The van der Waals surface area contributed by atoms with Gasteiger partial charge in [0.25, 0.3) is 0 Å². The van der Waals surface area contributed by atoms with E-state index in [1.165, 1.54) is 0 Å². The lowest BCUT2D eigenvalue weighted by Crippen LogP contribution is -2.40. The second-order valence-corrected chi connectivity index (χ2v) is 7.71. The SMILES string of the molecule is CC(=N)N1CCC(Oc2ccc(N(C)C/C=C/c3cccc(C(=N)N)c3)cc2)CC1. The largest absolute Gasteiger partial charge is 0.490 e. The Morgan fingerprint density at radius 3 is 2.50 bits per heavy atom. The highest BCUT2D eigenvalue weighted by Crippen LogP contribution is 2.22. The molecule has 2 aromatic rings. The first kappa shape index (κ1) is 21.4. The molecule has 4 N–H and O–H groups in total. The average molecular weight is 406 g/mol. The number of anilines is 1. The maximum atomic E-state index is 7.72. The van der Waals surface area contributed by atoms with Crippen molar-refractivity contribution in [2.75, 3.05) is 31.6 Å². The van der Waals surface area contributed by atoms with E-state index in [9.17, 15) is 0 Å². The van der Waals surface area contributed by atoms with Crippen LogP contribution in [0.25, 0.3) is 6.08 Å². The van der Waals surface area contributed by atoms with Gasteiger partial charge in [-0.25, -0.2) is 0 Å². The second-order valence-electron chi connectivity index (χ2n) is 7.71. The Hall–Kier alpha value is -3.28. The van der Waals surface area contributed by atoms with Crippen molar-refractivity contribution in [3.63, 3.8) is 0 Å². The van der Waals surface area contributed by atoms with Gasteiger partial charge in [-0.15, -0.1) is 0 Å². The molecular weight excluding hydrogens is 374 g/mol. The van der Waals surface area contributed by atoms with Crippen LogP contribution in [0.3, 0.4) is 0 Å². The number of amidine groups is 2. The number of nitrogens with one attached hydrogen (secondary N) is 2. The molecule has 0 amide bonds. The van der Waals surface area contributed by atoms with Crippen LogP contribution >= 0.6 is 0 Å². The Labute approximate surface area is 179 Å². The van der Waals surface area contributed by atoms with Crippen molar-refractivity contribution in [3.8, 4) is 5.75 Å². The van der Waals surface area contributed by atoms with Gasteiger partial charge < -0.3 is 20.3 Å². The summed E-state index contributed by atoms with van der Waals surface area (Å²) in [5, 5.41) is 15.3. The molecule has 0 radical (unpaired) electrons. The van der Waals surface area contributed by atoms with Crippen LogP contribution in [0.15, 0.2) is 54.6 Å². The van der Waals surface area contributed by atoms with Crippen LogP contribution in [0.4, 0.5) is 5.69 Å². The predicted molar refractivity (Wildman–Crippen MR) is 125 cm³/mol. The minimum absolute atomic E-state index is 0.0834. The maximum Gasteiger partial charge on any atom is 0.122 e. The number of rotatable bonds is 7. The molecule has 0 aromatic heterocycles. The summed E-state index contributed by atoms with van der Waals surface area (Å²) in [4.78, 5) is 4.27. The lowest BCUT2D eigenvalue weighted by atomic mass is 10.1. The Bertz CT molecular complexity index is 898.